The summed E-state index contributed by atoms with van der Waals surface area (Å²) in [6.45, 7) is 1.85. The van der Waals surface area contributed by atoms with Gasteiger partial charge in [0.15, 0.2) is 11.4 Å². The molecule has 0 spiro atoms. The third kappa shape index (κ3) is 4.30. The Balaban J connectivity index is 1.35. The molecule has 1 amide bonds. The molecule has 2 aromatic carbocycles. The molecule has 0 bridgehead atoms. The predicted octanol–water partition coefficient (Wildman–Crippen LogP) is 4.77. The van der Waals surface area contributed by atoms with E-state index in [4.69, 9.17) is 20.0 Å². The zero-order chi connectivity index (χ0) is 25.5. The molecule has 37 heavy (non-hydrogen) atoms. The number of carbonyl (C=O) groups is 1. The number of halogens is 1. The Bertz CT molecular complexity index is 1640. The van der Waals surface area contributed by atoms with Gasteiger partial charge in [-0.3, -0.25) is 4.79 Å². The van der Waals surface area contributed by atoms with Crippen LogP contribution in [0.5, 0.6) is 5.75 Å². The van der Waals surface area contributed by atoms with Gasteiger partial charge in [0.25, 0.3) is 5.91 Å². The zero-order valence-corrected chi connectivity index (χ0v) is 21.6. The Kier molecular flexibility index (Phi) is 6.01. The number of amides is 1. The smallest absolute Gasteiger partial charge is 0.291 e. The van der Waals surface area contributed by atoms with Crippen LogP contribution in [-0.4, -0.2) is 45.9 Å². The number of hydrogen-bond acceptors (Lipinski definition) is 8. The molecule has 188 valence electrons. The van der Waals surface area contributed by atoms with Crippen molar-refractivity contribution in [1.82, 2.24) is 25.1 Å². The van der Waals surface area contributed by atoms with Crippen molar-refractivity contribution in [3.05, 3.63) is 59.0 Å². The lowest BCUT2D eigenvalue weighted by molar-refractivity contribution is 0.0998. The van der Waals surface area contributed by atoms with Crippen LogP contribution in [0.2, 0.25) is 0 Å². The number of furan rings is 1. The standard InChI is InChI=1S/C26H24BrN7O3/c1-36-20-11-14(2-4-18(20)32-26(35)21-12-15-10-16(27)3-5-19(15)37-21)23-22-24(28)30-13-31-25(22)34(33-23)17-6-8-29-9-7-17/h2-5,10-13,17,29H,6-9H2,1H3,(H,32,35)(H2,28,30,31). The molecule has 1 saturated heterocycles. The molecule has 11 heteroatoms. The Morgan fingerprint density at radius 1 is 1.19 bits per heavy atom. The lowest BCUT2D eigenvalue weighted by atomic mass is 10.1. The number of nitrogens with one attached hydrogen (secondary N) is 2. The van der Waals surface area contributed by atoms with E-state index in [0.29, 0.717) is 39.6 Å². The fourth-order valence-corrected chi connectivity index (χ4v) is 5.13. The van der Waals surface area contributed by atoms with Gasteiger partial charge in [-0.2, -0.15) is 5.10 Å². The molecular weight excluding hydrogens is 538 g/mol. The molecule has 4 N–H and O–H groups in total. The summed E-state index contributed by atoms with van der Waals surface area (Å²) in [5.74, 6) is 0.672. The highest BCUT2D eigenvalue weighted by Gasteiger charge is 2.24. The van der Waals surface area contributed by atoms with Gasteiger partial charge < -0.3 is 25.5 Å². The second kappa shape index (κ2) is 9.49. The fourth-order valence-electron chi connectivity index (χ4n) is 4.76. The summed E-state index contributed by atoms with van der Waals surface area (Å²) in [6.07, 6.45) is 3.37. The van der Waals surface area contributed by atoms with Gasteiger partial charge in [0.1, 0.15) is 29.2 Å². The summed E-state index contributed by atoms with van der Waals surface area (Å²) < 4.78 is 14.2. The molecule has 6 rings (SSSR count). The second-order valence-electron chi connectivity index (χ2n) is 8.89. The van der Waals surface area contributed by atoms with Crippen LogP contribution in [0.4, 0.5) is 11.5 Å². The average Bonchev–Trinajstić information content (AvgIpc) is 3.52. The quantitative estimate of drug-likeness (QED) is 0.279. The molecule has 5 aromatic rings. The summed E-state index contributed by atoms with van der Waals surface area (Å²) in [5, 5.41) is 12.7. The lowest BCUT2D eigenvalue weighted by Gasteiger charge is -2.23. The summed E-state index contributed by atoms with van der Waals surface area (Å²) >= 11 is 3.44. The van der Waals surface area contributed by atoms with E-state index in [1.54, 1.807) is 19.2 Å². The van der Waals surface area contributed by atoms with Gasteiger partial charge in [0, 0.05) is 15.4 Å². The number of nitrogen functional groups attached to an aromatic ring is 1. The summed E-state index contributed by atoms with van der Waals surface area (Å²) in [7, 11) is 1.55. The van der Waals surface area contributed by atoms with Crippen LogP contribution in [0.1, 0.15) is 29.4 Å². The van der Waals surface area contributed by atoms with E-state index in [-0.39, 0.29) is 17.7 Å². The van der Waals surface area contributed by atoms with Gasteiger partial charge in [-0.05, 0) is 62.3 Å². The molecule has 1 aliphatic rings. The molecule has 1 aliphatic heterocycles. The van der Waals surface area contributed by atoms with E-state index in [2.05, 4.69) is 36.5 Å². The number of ether oxygens (including phenoxy) is 1. The van der Waals surface area contributed by atoms with Crippen LogP contribution in [0.25, 0.3) is 33.3 Å². The predicted molar refractivity (Wildman–Crippen MR) is 145 cm³/mol. The molecule has 3 aromatic heterocycles. The molecule has 1 fully saturated rings. The SMILES string of the molecule is COc1cc(-c2nn(C3CCNCC3)c3ncnc(N)c23)ccc1NC(=O)c1cc2cc(Br)ccc2o1. The fraction of sp³-hybridized carbons (Fsp3) is 0.231. The van der Waals surface area contributed by atoms with Crippen molar-refractivity contribution in [3.63, 3.8) is 0 Å². The van der Waals surface area contributed by atoms with Gasteiger partial charge in [-0.1, -0.05) is 22.0 Å². The summed E-state index contributed by atoms with van der Waals surface area (Å²) in [5.41, 5.74) is 9.59. The first kappa shape index (κ1) is 23.4. The Morgan fingerprint density at radius 3 is 2.84 bits per heavy atom. The van der Waals surface area contributed by atoms with E-state index in [9.17, 15) is 4.79 Å². The van der Waals surface area contributed by atoms with E-state index < -0.39 is 0 Å². The maximum atomic E-state index is 13.0. The number of carbonyl (C=O) groups excluding carboxylic acids is 1. The number of nitrogens with zero attached hydrogens (tertiary/aromatic N) is 4. The average molecular weight is 562 g/mol. The first-order valence-electron chi connectivity index (χ1n) is 11.9. The first-order valence-corrected chi connectivity index (χ1v) is 12.7. The molecule has 0 unspecified atom stereocenters. The maximum absolute atomic E-state index is 13.0. The Labute approximate surface area is 220 Å². The highest BCUT2D eigenvalue weighted by atomic mass is 79.9. The Morgan fingerprint density at radius 2 is 2.03 bits per heavy atom. The van der Waals surface area contributed by atoms with Crippen molar-refractivity contribution in [2.24, 2.45) is 0 Å². The van der Waals surface area contributed by atoms with Gasteiger partial charge in [-0.15, -0.1) is 0 Å². The van der Waals surface area contributed by atoms with Crippen molar-refractivity contribution < 1.29 is 13.9 Å². The molecule has 0 aliphatic carbocycles. The number of methoxy groups -OCH3 is 1. The number of rotatable bonds is 5. The maximum Gasteiger partial charge on any atom is 0.291 e. The highest BCUT2D eigenvalue weighted by Crippen LogP contribution is 2.37. The first-order chi connectivity index (χ1) is 18.0. The third-order valence-electron chi connectivity index (χ3n) is 6.60. The van der Waals surface area contributed by atoms with E-state index >= 15 is 0 Å². The molecule has 10 nitrogen and oxygen atoms in total. The van der Waals surface area contributed by atoms with Gasteiger partial charge in [0.2, 0.25) is 0 Å². The van der Waals surface area contributed by atoms with Crippen molar-refractivity contribution >= 4 is 55.3 Å². The van der Waals surface area contributed by atoms with Gasteiger partial charge >= 0.3 is 0 Å². The molecule has 0 atom stereocenters. The van der Waals surface area contributed by atoms with Crippen LogP contribution in [-0.2, 0) is 0 Å². The topological polar surface area (TPSA) is 133 Å². The number of fused-ring (bicyclic) bond motifs is 2. The second-order valence-corrected chi connectivity index (χ2v) is 9.81. The minimum atomic E-state index is -0.378. The van der Waals surface area contributed by atoms with Crippen molar-refractivity contribution in [2.45, 2.75) is 18.9 Å². The van der Waals surface area contributed by atoms with E-state index in [1.165, 1.54) is 6.33 Å². The minimum Gasteiger partial charge on any atom is -0.495 e. The summed E-state index contributed by atoms with van der Waals surface area (Å²) in [6, 6.07) is 13.0. The van der Waals surface area contributed by atoms with Crippen LogP contribution in [0.15, 0.2) is 57.7 Å². The normalized spacial score (nSPS) is 14.3. The third-order valence-corrected chi connectivity index (χ3v) is 7.09. The minimum absolute atomic E-state index is 0.205. The van der Waals surface area contributed by atoms with E-state index in [1.807, 2.05) is 35.0 Å². The monoisotopic (exact) mass is 561 g/mol. The molecule has 0 saturated carbocycles. The Hall–Kier alpha value is -3.96. The van der Waals surface area contributed by atoms with Crippen LogP contribution < -0.4 is 21.1 Å². The molecule has 4 heterocycles. The van der Waals surface area contributed by atoms with Crippen molar-refractivity contribution in [3.8, 4) is 17.0 Å². The van der Waals surface area contributed by atoms with Crippen LogP contribution in [0.3, 0.4) is 0 Å². The number of piperidine rings is 1. The molecule has 0 radical (unpaired) electrons. The van der Waals surface area contributed by atoms with Gasteiger partial charge in [0.05, 0.1) is 24.2 Å². The van der Waals surface area contributed by atoms with E-state index in [0.717, 1.165) is 41.4 Å². The van der Waals surface area contributed by atoms with Crippen molar-refractivity contribution in [2.75, 3.05) is 31.2 Å². The molecular formula is C26H24BrN7O3. The number of anilines is 2. The zero-order valence-electron chi connectivity index (χ0n) is 20.0. The largest absolute Gasteiger partial charge is 0.495 e. The number of aromatic nitrogens is 4. The van der Waals surface area contributed by atoms with Gasteiger partial charge in [-0.25, -0.2) is 14.6 Å². The van der Waals surface area contributed by atoms with Crippen LogP contribution >= 0.6 is 15.9 Å². The number of hydrogen-bond donors (Lipinski definition) is 3. The number of benzene rings is 2. The number of nitrogens with two attached hydrogens (primary N) is 1. The summed E-state index contributed by atoms with van der Waals surface area (Å²) in [4.78, 5) is 21.7. The lowest BCUT2D eigenvalue weighted by Crippen LogP contribution is -2.30. The highest BCUT2D eigenvalue weighted by molar-refractivity contribution is 9.10. The van der Waals surface area contributed by atoms with Crippen LogP contribution in [0, 0.1) is 0 Å². The van der Waals surface area contributed by atoms with Crippen molar-refractivity contribution in [1.29, 1.82) is 0 Å².